The molecule has 0 radical (unpaired) electrons. The van der Waals surface area contributed by atoms with Crippen molar-refractivity contribution in [2.24, 2.45) is 0 Å². The van der Waals surface area contributed by atoms with Crippen LogP contribution in [0.4, 0.5) is 20.2 Å². The number of nitrogens with zero attached hydrogens (tertiary/aromatic N) is 1. The highest BCUT2D eigenvalue weighted by molar-refractivity contribution is 5.93. The third-order valence-electron chi connectivity index (χ3n) is 3.81. The number of ether oxygens (including phenoxy) is 1. The first-order valence-electron chi connectivity index (χ1n) is 8.14. The lowest BCUT2D eigenvalue weighted by Crippen LogP contribution is -2.23. The van der Waals surface area contributed by atoms with E-state index in [0.29, 0.717) is 12.2 Å². The number of anilines is 2. The number of nitrogens with one attached hydrogen (secondary N) is 2. The summed E-state index contributed by atoms with van der Waals surface area (Å²) in [5.74, 6) is -1.02. The van der Waals surface area contributed by atoms with Crippen LogP contribution in [0.2, 0.25) is 0 Å². The first-order chi connectivity index (χ1) is 13.0. The van der Waals surface area contributed by atoms with Crippen molar-refractivity contribution >= 4 is 17.3 Å². The fraction of sp³-hybridized carbons (Fsp3) is 0.100. The molecule has 1 amide bonds. The van der Waals surface area contributed by atoms with E-state index in [1.165, 1.54) is 18.3 Å². The van der Waals surface area contributed by atoms with Crippen LogP contribution in [-0.4, -0.2) is 18.0 Å². The summed E-state index contributed by atoms with van der Waals surface area (Å²) in [5.41, 5.74) is 1.65. The van der Waals surface area contributed by atoms with Gasteiger partial charge in [-0.1, -0.05) is 12.1 Å². The number of aromatic nitrogens is 1. The SMILES string of the molecule is COc1ccc(CNC(=O)c2cc(Nc3ccc(F)cc3F)ccn2)cc1. The summed E-state index contributed by atoms with van der Waals surface area (Å²) >= 11 is 0. The number of benzene rings is 2. The summed E-state index contributed by atoms with van der Waals surface area (Å²) in [4.78, 5) is 16.3. The molecular weight excluding hydrogens is 352 g/mol. The molecule has 3 rings (SSSR count). The van der Waals surface area contributed by atoms with E-state index >= 15 is 0 Å². The molecule has 27 heavy (non-hydrogen) atoms. The number of methoxy groups -OCH3 is 1. The third kappa shape index (κ3) is 4.78. The normalized spacial score (nSPS) is 10.3. The van der Waals surface area contributed by atoms with E-state index in [9.17, 15) is 13.6 Å². The van der Waals surface area contributed by atoms with Crippen molar-refractivity contribution in [3.8, 4) is 5.75 Å². The van der Waals surface area contributed by atoms with Gasteiger partial charge >= 0.3 is 0 Å². The molecule has 0 saturated heterocycles. The number of rotatable bonds is 6. The highest BCUT2D eigenvalue weighted by Gasteiger charge is 2.10. The Bertz CT molecular complexity index is 946. The number of amides is 1. The molecule has 0 fully saturated rings. The topological polar surface area (TPSA) is 63.2 Å². The van der Waals surface area contributed by atoms with E-state index in [1.807, 2.05) is 24.3 Å². The Morgan fingerprint density at radius 1 is 1.07 bits per heavy atom. The monoisotopic (exact) mass is 369 g/mol. The lowest BCUT2D eigenvalue weighted by atomic mass is 10.2. The maximum absolute atomic E-state index is 13.8. The van der Waals surface area contributed by atoms with Gasteiger partial charge in [-0.15, -0.1) is 0 Å². The smallest absolute Gasteiger partial charge is 0.270 e. The second-order valence-corrected chi connectivity index (χ2v) is 5.71. The molecule has 0 unspecified atom stereocenters. The van der Waals surface area contributed by atoms with Crippen LogP contribution >= 0.6 is 0 Å². The van der Waals surface area contributed by atoms with E-state index in [2.05, 4.69) is 15.6 Å². The molecule has 0 aliphatic rings. The largest absolute Gasteiger partial charge is 0.497 e. The predicted octanol–water partition coefficient (Wildman–Crippen LogP) is 4.04. The number of pyridine rings is 1. The van der Waals surface area contributed by atoms with Gasteiger partial charge in [-0.05, 0) is 42.0 Å². The van der Waals surface area contributed by atoms with Crippen LogP contribution in [0.3, 0.4) is 0 Å². The lowest BCUT2D eigenvalue weighted by Gasteiger charge is -2.10. The second-order valence-electron chi connectivity index (χ2n) is 5.71. The molecule has 0 atom stereocenters. The van der Waals surface area contributed by atoms with E-state index in [1.54, 1.807) is 13.2 Å². The quantitative estimate of drug-likeness (QED) is 0.688. The van der Waals surface area contributed by atoms with Gasteiger partial charge < -0.3 is 15.4 Å². The van der Waals surface area contributed by atoms with Gasteiger partial charge in [-0.2, -0.15) is 0 Å². The fourth-order valence-corrected chi connectivity index (χ4v) is 2.40. The second kappa shape index (κ2) is 8.27. The molecule has 3 aromatic rings. The van der Waals surface area contributed by atoms with Crippen LogP contribution in [0.1, 0.15) is 16.1 Å². The number of hydrogen-bond donors (Lipinski definition) is 2. The fourth-order valence-electron chi connectivity index (χ4n) is 2.40. The summed E-state index contributed by atoms with van der Waals surface area (Å²) in [5, 5.41) is 5.57. The van der Waals surface area contributed by atoms with Crippen molar-refractivity contribution in [2.75, 3.05) is 12.4 Å². The van der Waals surface area contributed by atoms with Crippen molar-refractivity contribution in [3.63, 3.8) is 0 Å². The van der Waals surface area contributed by atoms with Gasteiger partial charge in [0.2, 0.25) is 0 Å². The van der Waals surface area contributed by atoms with E-state index in [0.717, 1.165) is 23.4 Å². The molecule has 2 aromatic carbocycles. The standard InChI is InChI=1S/C20H17F2N3O2/c1-27-16-5-2-13(3-6-16)12-24-20(26)19-11-15(8-9-23-19)25-18-7-4-14(21)10-17(18)22/h2-11H,12H2,1H3,(H,23,25)(H,24,26). The van der Waals surface area contributed by atoms with Gasteiger partial charge in [-0.25, -0.2) is 8.78 Å². The van der Waals surface area contributed by atoms with Gasteiger partial charge in [0.1, 0.15) is 23.1 Å². The Morgan fingerprint density at radius 3 is 2.56 bits per heavy atom. The number of hydrogen-bond acceptors (Lipinski definition) is 4. The van der Waals surface area contributed by atoms with Crippen LogP contribution in [0.25, 0.3) is 0 Å². The van der Waals surface area contributed by atoms with Crippen molar-refractivity contribution < 1.29 is 18.3 Å². The van der Waals surface area contributed by atoms with Crippen LogP contribution < -0.4 is 15.4 Å². The highest BCUT2D eigenvalue weighted by atomic mass is 19.1. The average Bonchev–Trinajstić information content (AvgIpc) is 2.69. The Hall–Kier alpha value is -3.48. The first kappa shape index (κ1) is 18.3. The molecule has 0 aliphatic carbocycles. The van der Waals surface area contributed by atoms with Crippen molar-refractivity contribution in [1.82, 2.24) is 10.3 Å². The Kier molecular flexibility index (Phi) is 5.61. The molecule has 5 nitrogen and oxygen atoms in total. The Labute approximate surface area is 155 Å². The molecule has 1 aromatic heterocycles. The minimum absolute atomic E-state index is 0.104. The summed E-state index contributed by atoms with van der Waals surface area (Å²) in [7, 11) is 1.58. The summed E-state index contributed by atoms with van der Waals surface area (Å²) < 4.78 is 31.8. The summed E-state index contributed by atoms with van der Waals surface area (Å²) in [6, 6.07) is 13.6. The molecule has 0 aliphatic heterocycles. The molecule has 0 saturated carbocycles. The van der Waals surface area contributed by atoms with E-state index in [4.69, 9.17) is 4.74 Å². The average molecular weight is 369 g/mol. The lowest BCUT2D eigenvalue weighted by molar-refractivity contribution is 0.0946. The highest BCUT2D eigenvalue weighted by Crippen LogP contribution is 2.21. The summed E-state index contributed by atoms with van der Waals surface area (Å²) in [6.45, 7) is 0.328. The third-order valence-corrected chi connectivity index (χ3v) is 3.81. The van der Waals surface area contributed by atoms with Gasteiger partial charge in [0.05, 0.1) is 12.8 Å². The first-order valence-corrected chi connectivity index (χ1v) is 8.14. The van der Waals surface area contributed by atoms with Gasteiger partial charge in [0, 0.05) is 24.5 Å². The van der Waals surface area contributed by atoms with Crippen molar-refractivity contribution in [3.05, 3.63) is 83.7 Å². The molecule has 0 bridgehead atoms. The van der Waals surface area contributed by atoms with Crippen LogP contribution in [0.5, 0.6) is 5.75 Å². The molecule has 0 spiro atoms. The minimum Gasteiger partial charge on any atom is -0.497 e. The zero-order valence-electron chi connectivity index (χ0n) is 14.5. The molecule has 1 heterocycles. The Morgan fingerprint density at radius 2 is 1.85 bits per heavy atom. The number of halogens is 2. The zero-order valence-corrected chi connectivity index (χ0v) is 14.5. The van der Waals surface area contributed by atoms with Gasteiger partial charge in [0.15, 0.2) is 0 Å². The molecular formula is C20H17F2N3O2. The summed E-state index contributed by atoms with van der Waals surface area (Å²) in [6.07, 6.45) is 1.44. The number of carbonyl (C=O) groups is 1. The van der Waals surface area contributed by atoms with Crippen LogP contribution in [0.15, 0.2) is 60.8 Å². The van der Waals surface area contributed by atoms with E-state index < -0.39 is 11.6 Å². The maximum Gasteiger partial charge on any atom is 0.270 e. The van der Waals surface area contributed by atoms with Crippen molar-refractivity contribution in [1.29, 1.82) is 0 Å². The molecule has 138 valence electrons. The predicted molar refractivity (Wildman–Crippen MR) is 98.0 cm³/mol. The zero-order chi connectivity index (χ0) is 19.2. The van der Waals surface area contributed by atoms with Crippen LogP contribution in [0, 0.1) is 11.6 Å². The number of carbonyl (C=O) groups excluding carboxylic acids is 1. The van der Waals surface area contributed by atoms with Gasteiger partial charge in [-0.3, -0.25) is 9.78 Å². The maximum atomic E-state index is 13.8. The van der Waals surface area contributed by atoms with E-state index in [-0.39, 0.29) is 17.3 Å². The van der Waals surface area contributed by atoms with Crippen molar-refractivity contribution in [2.45, 2.75) is 6.54 Å². The van der Waals surface area contributed by atoms with Gasteiger partial charge in [0.25, 0.3) is 5.91 Å². The Balaban J connectivity index is 1.65. The molecule has 7 heteroatoms. The molecule has 2 N–H and O–H groups in total. The van der Waals surface area contributed by atoms with Crippen LogP contribution in [-0.2, 0) is 6.54 Å². The minimum atomic E-state index is -0.725.